The Bertz CT molecular complexity index is 580. The van der Waals surface area contributed by atoms with E-state index in [1.165, 1.54) is 0 Å². The predicted molar refractivity (Wildman–Crippen MR) is 61.9 cm³/mol. The Morgan fingerprint density at radius 1 is 1.47 bits per heavy atom. The molecule has 17 heavy (non-hydrogen) atoms. The van der Waals surface area contributed by atoms with Crippen molar-refractivity contribution in [1.29, 1.82) is 5.26 Å². The maximum absolute atomic E-state index is 11.4. The second-order valence-electron chi connectivity index (χ2n) is 4.14. The highest BCUT2D eigenvalue weighted by molar-refractivity contribution is 7.91. The number of aromatic nitrogens is 2. The number of rotatable bonds is 1. The fourth-order valence-corrected chi connectivity index (χ4v) is 3.68. The SMILES string of the molecule is Cc1nc(C2CCS(=O)(=O)C2)nc(N)c1C#N. The molecule has 1 fully saturated rings. The lowest BCUT2D eigenvalue weighted by Crippen LogP contribution is -2.11. The van der Waals surface area contributed by atoms with Crippen LogP contribution >= 0.6 is 0 Å². The van der Waals surface area contributed by atoms with Gasteiger partial charge in [0, 0.05) is 5.92 Å². The van der Waals surface area contributed by atoms with Gasteiger partial charge in [-0.05, 0) is 13.3 Å². The van der Waals surface area contributed by atoms with Gasteiger partial charge in [0.05, 0.1) is 17.2 Å². The highest BCUT2D eigenvalue weighted by Gasteiger charge is 2.31. The molecule has 0 saturated carbocycles. The maximum Gasteiger partial charge on any atom is 0.151 e. The fourth-order valence-electron chi connectivity index (χ4n) is 1.94. The number of aryl methyl sites for hydroxylation is 1. The fraction of sp³-hybridized carbons (Fsp3) is 0.500. The average Bonchev–Trinajstić information content (AvgIpc) is 2.58. The van der Waals surface area contributed by atoms with Crippen LogP contribution in [0.1, 0.15) is 29.4 Å². The van der Waals surface area contributed by atoms with Gasteiger partial charge < -0.3 is 5.73 Å². The van der Waals surface area contributed by atoms with E-state index in [9.17, 15) is 8.42 Å². The molecular weight excluding hydrogens is 240 g/mol. The number of sulfone groups is 1. The van der Waals surface area contributed by atoms with Crippen molar-refractivity contribution in [3.8, 4) is 6.07 Å². The van der Waals surface area contributed by atoms with Crippen molar-refractivity contribution < 1.29 is 8.42 Å². The van der Waals surface area contributed by atoms with Gasteiger partial charge >= 0.3 is 0 Å². The third-order valence-corrected chi connectivity index (χ3v) is 4.61. The lowest BCUT2D eigenvalue weighted by Gasteiger charge is -2.09. The second-order valence-corrected chi connectivity index (χ2v) is 6.37. The summed E-state index contributed by atoms with van der Waals surface area (Å²) in [6.07, 6.45) is 0.521. The van der Waals surface area contributed by atoms with Gasteiger partial charge in [0.1, 0.15) is 23.3 Å². The van der Waals surface area contributed by atoms with E-state index < -0.39 is 9.84 Å². The number of nitrogen functional groups attached to an aromatic ring is 1. The second kappa shape index (κ2) is 3.96. The van der Waals surface area contributed by atoms with Crippen LogP contribution < -0.4 is 5.73 Å². The van der Waals surface area contributed by atoms with Gasteiger partial charge in [-0.1, -0.05) is 0 Å². The summed E-state index contributed by atoms with van der Waals surface area (Å²) in [5.41, 5.74) is 6.40. The normalized spacial score (nSPS) is 22.2. The van der Waals surface area contributed by atoms with E-state index in [0.29, 0.717) is 17.9 Å². The Labute approximate surface area is 99.4 Å². The summed E-state index contributed by atoms with van der Waals surface area (Å²) in [7, 11) is -2.97. The zero-order valence-electron chi connectivity index (χ0n) is 9.34. The summed E-state index contributed by atoms with van der Waals surface area (Å²) in [6, 6.07) is 1.93. The molecule has 1 aromatic rings. The Morgan fingerprint density at radius 2 is 2.18 bits per heavy atom. The summed E-state index contributed by atoms with van der Waals surface area (Å²) in [4.78, 5) is 8.21. The molecule has 0 amide bonds. The van der Waals surface area contributed by atoms with E-state index in [1.807, 2.05) is 6.07 Å². The molecule has 1 atom stereocenters. The van der Waals surface area contributed by atoms with Crippen LogP contribution in [0.3, 0.4) is 0 Å². The number of nitrogens with two attached hydrogens (primary N) is 1. The van der Waals surface area contributed by atoms with E-state index in [2.05, 4.69) is 9.97 Å². The Balaban J connectivity index is 2.40. The van der Waals surface area contributed by atoms with Gasteiger partial charge in [0.15, 0.2) is 9.84 Å². The zero-order valence-corrected chi connectivity index (χ0v) is 10.2. The van der Waals surface area contributed by atoms with Crippen LogP contribution in [-0.2, 0) is 9.84 Å². The molecular formula is C10H12N4O2S. The molecule has 1 aliphatic heterocycles. The van der Waals surface area contributed by atoms with E-state index in [-0.39, 0.29) is 28.8 Å². The average molecular weight is 252 g/mol. The van der Waals surface area contributed by atoms with Crippen LogP contribution in [0.4, 0.5) is 5.82 Å². The van der Waals surface area contributed by atoms with Crippen LogP contribution in [0.2, 0.25) is 0 Å². The smallest absolute Gasteiger partial charge is 0.151 e. The molecule has 2 rings (SSSR count). The molecule has 0 radical (unpaired) electrons. The largest absolute Gasteiger partial charge is 0.382 e. The molecule has 2 heterocycles. The molecule has 1 saturated heterocycles. The molecule has 0 spiro atoms. The van der Waals surface area contributed by atoms with Gasteiger partial charge in [0.2, 0.25) is 0 Å². The van der Waals surface area contributed by atoms with Gasteiger partial charge in [-0.15, -0.1) is 0 Å². The molecule has 1 aliphatic rings. The Morgan fingerprint density at radius 3 is 2.65 bits per heavy atom. The molecule has 6 nitrogen and oxygen atoms in total. The van der Waals surface area contributed by atoms with Crippen molar-refractivity contribution in [3.63, 3.8) is 0 Å². The number of nitriles is 1. The molecule has 1 unspecified atom stereocenters. The number of hydrogen-bond acceptors (Lipinski definition) is 6. The third kappa shape index (κ3) is 2.22. The number of nitrogens with zero attached hydrogens (tertiary/aromatic N) is 3. The highest BCUT2D eigenvalue weighted by Crippen LogP contribution is 2.27. The molecule has 1 aromatic heterocycles. The molecule has 0 aliphatic carbocycles. The van der Waals surface area contributed by atoms with Gasteiger partial charge in [-0.25, -0.2) is 18.4 Å². The van der Waals surface area contributed by atoms with Crippen molar-refractivity contribution in [3.05, 3.63) is 17.1 Å². The predicted octanol–water partition coefficient (Wildman–Crippen LogP) is 0.141. The van der Waals surface area contributed by atoms with Crippen molar-refractivity contribution in [1.82, 2.24) is 9.97 Å². The lowest BCUT2D eigenvalue weighted by molar-refractivity contribution is 0.601. The molecule has 7 heteroatoms. The van der Waals surface area contributed by atoms with Gasteiger partial charge in [0.25, 0.3) is 0 Å². The van der Waals surface area contributed by atoms with Crippen LogP contribution in [0.15, 0.2) is 0 Å². The third-order valence-electron chi connectivity index (χ3n) is 2.84. The van der Waals surface area contributed by atoms with Crippen molar-refractivity contribution in [2.24, 2.45) is 0 Å². The van der Waals surface area contributed by atoms with Crippen LogP contribution in [0.25, 0.3) is 0 Å². The minimum atomic E-state index is -2.97. The van der Waals surface area contributed by atoms with Crippen molar-refractivity contribution in [2.45, 2.75) is 19.3 Å². The molecule has 90 valence electrons. The minimum absolute atomic E-state index is 0.0672. The number of anilines is 1. The van der Waals surface area contributed by atoms with Crippen LogP contribution in [0.5, 0.6) is 0 Å². The summed E-state index contributed by atoms with van der Waals surface area (Å²) < 4.78 is 22.7. The zero-order chi connectivity index (χ0) is 12.6. The molecule has 0 aromatic carbocycles. The first-order valence-electron chi connectivity index (χ1n) is 5.17. The standard InChI is InChI=1S/C10H12N4O2S/c1-6-8(4-11)9(12)14-10(13-6)7-2-3-17(15,16)5-7/h7H,2-3,5H2,1H3,(H2,12,13,14). The van der Waals surface area contributed by atoms with E-state index in [1.54, 1.807) is 6.92 Å². The quantitative estimate of drug-likeness (QED) is 0.761. The summed E-state index contributed by atoms with van der Waals surface area (Å²) in [6.45, 7) is 1.67. The Hall–Kier alpha value is -1.68. The summed E-state index contributed by atoms with van der Waals surface area (Å²) >= 11 is 0. The topological polar surface area (TPSA) is 110 Å². The molecule has 2 N–H and O–H groups in total. The van der Waals surface area contributed by atoms with E-state index in [4.69, 9.17) is 11.0 Å². The van der Waals surface area contributed by atoms with Gasteiger partial charge in [-0.2, -0.15) is 5.26 Å². The monoisotopic (exact) mass is 252 g/mol. The highest BCUT2D eigenvalue weighted by atomic mass is 32.2. The minimum Gasteiger partial charge on any atom is -0.382 e. The number of hydrogen-bond donors (Lipinski definition) is 1. The van der Waals surface area contributed by atoms with Crippen LogP contribution in [-0.4, -0.2) is 29.9 Å². The molecule has 0 bridgehead atoms. The first-order chi connectivity index (χ1) is 7.93. The first kappa shape index (κ1) is 11.8. The van der Waals surface area contributed by atoms with Gasteiger partial charge in [-0.3, -0.25) is 0 Å². The van der Waals surface area contributed by atoms with E-state index in [0.717, 1.165) is 0 Å². The van der Waals surface area contributed by atoms with Crippen LogP contribution in [0, 0.1) is 18.3 Å². The lowest BCUT2D eigenvalue weighted by atomic mass is 10.1. The van der Waals surface area contributed by atoms with E-state index >= 15 is 0 Å². The summed E-state index contributed by atoms with van der Waals surface area (Å²) in [5, 5.41) is 8.83. The summed E-state index contributed by atoms with van der Waals surface area (Å²) in [5.74, 6) is 0.589. The van der Waals surface area contributed by atoms with Crippen molar-refractivity contribution >= 4 is 15.7 Å². The first-order valence-corrected chi connectivity index (χ1v) is 6.99. The maximum atomic E-state index is 11.4. The van der Waals surface area contributed by atoms with Crippen molar-refractivity contribution in [2.75, 3.05) is 17.2 Å². The Kier molecular flexibility index (Phi) is 2.75.